The third-order valence-electron chi connectivity index (χ3n) is 4.27. The highest BCUT2D eigenvalue weighted by Gasteiger charge is 2.28. The van der Waals surface area contributed by atoms with E-state index >= 15 is 0 Å². The fraction of sp³-hybridized carbons (Fsp3) is 0.667. The van der Waals surface area contributed by atoms with Crippen LogP contribution in [0.15, 0.2) is 6.07 Å². The van der Waals surface area contributed by atoms with Crippen LogP contribution in [0.3, 0.4) is 0 Å². The molecule has 2 fully saturated rings. The monoisotopic (exact) mass is 261 g/mol. The summed E-state index contributed by atoms with van der Waals surface area (Å²) in [4.78, 5) is 14.7. The van der Waals surface area contributed by atoms with Gasteiger partial charge in [-0.1, -0.05) is 0 Å². The highest BCUT2D eigenvalue weighted by Crippen LogP contribution is 2.38. The van der Waals surface area contributed by atoms with Crippen LogP contribution in [-0.4, -0.2) is 48.0 Å². The lowest BCUT2D eigenvalue weighted by Crippen LogP contribution is -2.45. The second-order valence-electron chi connectivity index (χ2n) is 5.84. The third-order valence-corrected chi connectivity index (χ3v) is 4.27. The van der Waals surface area contributed by atoms with Crippen molar-refractivity contribution in [1.29, 1.82) is 0 Å². The van der Waals surface area contributed by atoms with Crippen LogP contribution < -0.4 is 5.32 Å². The highest BCUT2D eigenvalue weighted by molar-refractivity contribution is 5.99. The van der Waals surface area contributed by atoms with Crippen LogP contribution in [0.2, 0.25) is 0 Å². The summed E-state index contributed by atoms with van der Waals surface area (Å²) < 4.78 is 2.35. The van der Waals surface area contributed by atoms with E-state index in [-0.39, 0.29) is 5.78 Å². The summed E-state index contributed by atoms with van der Waals surface area (Å²) in [7, 11) is 0. The predicted molar refractivity (Wildman–Crippen MR) is 75.8 cm³/mol. The molecule has 0 bridgehead atoms. The molecule has 0 atom stereocenters. The fourth-order valence-electron chi connectivity index (χ4n) is 3.11. The summed E-state index contributed by atoms with van der Waals surface area (Å²) in [5.74, 6) is 0.280. The Kier molecular flexibility index (Phi) is 3.46. The molecule has 1 aromatic heterocycles. The van der Waals surface area contributed by atoms with Gasteiger partial charge in [0.15, 0.2) is 5.78 Å². The molecule has 0 amide bonds. The minimum Gasteiger partial charge on any atom is -0.345 e. The van der Waals surface area contributed by atoms with Crippen molar-refractivity contribution in [3.63, 3.8) is 0 Å². The summed E-state index contributed by atoms with van der Waals surface area (Å²) >= 11 is 0. The number of rotatable bonds is 4. The molecule has 4 heteroatoms. The molecule has 1 aliphatic carbocycles. The van der Waals surface area contributed by atoms with Crippen LogP contribution in [0.1, 0.15) is 40.6 Å². The molecule has 2 heterocycles. The van der Waals surface area contributed by atoms with E-state index in [1.54, 1.807) is 0 Å². The Morgan fingerprint density at radius 1 is 1.32 bits per heavy atom. The Morgan fingerprint density at radius 2 is 2.00 bits per heavy atom. The first-order valence-corrected chi connectivity index (χ1v) is 7.31. The van der Waals surface area contributed by atoms with Crippen molar-refractivity contribution < 1.29 is 4.79 Å². The maximum absolute atomic E-state index is 12.5. The number of carbonyl (C=O) groups excluding carboxylic acids is 1. The second-order valence-corrected chi connectivity index (χ2v) is 5.84. The molecule has 0 radical (unpaired) electrons. The van der Waals surface area contributed by atoms with E-state index < -0.39 is 0 Å². The topological polar surface area (TPSA) is 37.3 Å². The van der Waals surface area contributed by atoms with Crippen molar-refractivity contribution in [3.05, 3.63) is 23.0 Å². The molecule has 0 unspecified atom stereocenters. The largest absolute Gasteiger partial charge is 0.345 e. The van der Waals surface area contributed by atoms with Crippen molar-refractivity contribution >= 4 is 5.78 Å². The average molecular weight is 261 g/mol. The number of piperazine rings is 1. The number of aryl methyl sites for hydroxylation is 1. The minimum atomic E-state index is 0.280. The smallest absolute Gasteiger partial charge is 0.178 e. The molecule has 104 valence electrons. The van der Waals surface area contributed by atoms with Crippen molar-refractivity contribution in [2.24, 2.45) is 0 Å². The number of Topliss-reactive ketones (excluding diaryl/α,β-unsaturated/α-hetero) is 1. The molecule has 19 heavy (non-hydrogen) atoms. The van der Waals surface area contributed by atoms with Crippen LogP contribution in [-0.2, 0) is 0 Å². The van der Waals surface area contributed by atoms with Gasteiger partial charge < -0.3 is 9.88 Å². The fourth-order valence-corrected chi connectivity index (χ4v) is 3.11. The molecule has 2 aliphatic rings. The Morgan fingerprint density at radius 3 is 2.63 bits per heavy atom. The van der Waals surface area contributed by atoms with Gasteiger partial charge in [0.05, 0.1) is 6.54 Å². The summed E-state index contributed by atoms with van der Waals surface area (Å²) in [6.45, 7) is 8.73. The van der Waals surface area contributed by atoms with E-state index in [1.807, 2.05) is 0 Å². The number of ketones is 1. The van der Waals surface area contributed by atoms with Gasteiger partial charge in [0, 0.05) is 49.2 Å². The molecular weight excluding hydrogens is 238 g/mol. The van der Waals surface area contributed by atoms with Crippen LogP contribution in [0.4, 0.5) is 0 Å². The normalized spacial score (nSPS) is 20.7. The lowest BCUT2D eigenvalue weighted by Gasteiger charge is -2.26. The maximum Gasteiger partial charge on any atom is 0.178 e. The SMILES string of the molecule is Cc1cc(C(=O)CN2CCNCC2)c(C)n1C1CC1. The van der Waals surface area contributed by atoms with Gasteiger partial charge in [-0.25, -0.2) is 0 Å². The summed E-state index contributed by atoms with van der Waals surface area (Å²) in [6, 6.07) is 2.73. The zero-order valence-corrected chi connectivity index (χ0v) is 11.9. The predicted octanol–water partition coefficient (Wildman–Crippen LogP) is 1.53. The molecular formula is C15H23N3O. The zero-order valence-electron chi connectivity index (χ0n) is 11.9. The molecule has 3 rings (SSSR count). The van der Waals surface area contributed by atoms with Gasteiger partial charge in [0.2, 0.25) is 0 Å². The van der Waals surface area contributed by atoms with Gasteiger partial charge in [0.25, 0.3) is 0 Å². The lowest BCUT2D eigenvalue weighted by atomic mass is 10.1. The van der Waals surface area contributed by atoms with Crippen LogP contribution in [0.25, 0.3) is 0 Å². The molecule has 0 aromatic carbocycles. The minimum absolute atomic E-state index is 0.280. The van der Waals surface area contributed by atoms with Gasteiger partial charge in [-0.2, -0.15) is 0 Å². The number of hydrogen-bond donors (Lipinski definition) is 1. The Bertz CT molecular complexity index is 482. The van der Waals surface area contributed by atoms with Gasteiger partial charge in [-0.05, 0) is 32.8 Å². The molecule has 1 N–H and O–H groups in total. The van der Waals surface area contributed by atoms with E-state index in [0.29, 0.717) is 12.6 Å². The molecule has 1 aromatic rings. The van der Waals surface area contributed by atoms with Gasteiger partial charge in [-0.3, -0.25) is 9.69 Å². The van der Waals surface area contributed by atoms with Crippen molar-refractivity contribution in [2.45, 2.75) is 32.7 Å². The van der Waals surface area contributed by atoms with E-state index in [2.05, 4.69) is 34.7 Å². The van der Waals surface area contributed by atoms with E-state index in [1.165, 1.54) is 24.2 Å². The Labute approximate surface area is 114 Å². The van der Waals surface area contributed by atoms with Crippen molar-refractivity contribution in [2.75, 3.05) is 32.7 Å². The molecule has 4 nitrogen and oxygen atoms in total. The summed E-state index contributed by atoms with van der Waals surface area (Å²) in [5.41, 5.74) is 3.34. The maximum atomic E-state index is 12.5. The Balaban J connectivity index is 1.74. The summed E-state index contributed by atoms with van der Waals surface area (Å²) in [6.07, 6.45) is 2.53. The lowest BCUT2D eigenvalue weighted by molar-refractivity contribution is 0.0921. The third kappa shape index (κ3) is 2.60. The number of aromatic nitrogens is 1. The van der Waals surface area contributed by atoms with Gasteiger partial charge in [-0.15, -0.1) is 0 Å². The first-order valence-electron chi connectivity index (χ1n) is 7.31. The molecule has 1 saturated heterocycles. The summed E-state index contributed by atoms with van der Waals surface area (Å²) in [5, 5.41) is 3.32. The zero-order chi connectivity index (χ0) is 13.4. The van der Waals surface area contributed by atoms with E-state index in [9.17, 15) is 4.79 Å². The number of hydrogen-bond acceptors (Lipinski definition) is 3. The number of nitrogens with one attached hydrogen (secondary N) is 1. The van der Waals surface area contributed by atoms with Crippen molar-refractivity contribution in [3.8, 4) is 0 Å². The highest BCUT2D eigenvalue weighted by atomic mass is 16.1. The second kappa shape index (κ2) is 5.10. The first kappa shape index (κ1) is 12.9. The van der Waals surface area contributed by atoms with Crippen LogP contribution >= 0.6 is 0 Å². The molecule has 1 aliphatic heterocycles. The van der Waals surface area contributed by atoms with Crippen molar-refractivity contribution in [1.82, 2.24) is 14.8 Å². The van der Waals surface area contributed by atoms with Gasteiger partial charge in [0.1, 0.15) is 0 Å². The quantitative estimate of drug-likeness (QED) is 0.835. The van der Waals surface area contributed by atoms with Crippen LogP contribution in [0, 0.1) is 13.8 Å². The number of carbonyl (C=O) groups is 1. The number of nitrogens with zero attached hydrogens (tertiary/aromatic N) is 2. The van der Waals surface area contributed by atoms with E-state index in [0.717, 1.165) is 31.7 Å². The van der Waals surface area contributed by atoms with E-state index in [4.69, 9.17) is 0 Å². The average Bonchev–Trinajstić information content (AvgIpc) is 3.17. The molecule has 0 spiro atoms. The Hall–Kier alpha value is -1.13. The molecule has 1 saturated carbocycles. The van der Waals surface area contributed by atoms with Gasteiger partial charge >= 0.3 is 0 Å². The first-order chi connectivity index (χ1) is 9.16. The van der Waals surface area contributed by atoms with Crippen LogP contribution in [0.5, 0.6) is 0 Å². The standard InChI is InChI=1S/C15H23N3O/c1-11-9-14(12(2)18(11)13-3-4-13)15(19)10-17-7-5-16-6-8-17/h9,13,16H,3-8,10H2,1-2H3.